The molecule has 0 aliphatic carbocycles. The smallest absolute Gasteiger partial charge is 0.0648 e. The monoisotopic (exact) mass is 424 g/mol. The van der Waals surface area contributed by atoms with Crippen LogP contribution in [0.2, 0.25) is 0 Å². The lowest BCUT2D eigenvalue weighted by molar-refractivity contribution is -0.0735. The number of rotatable bonds is 22. The Labute approximate surface area is 190 Å². The van der Waals surface area contributed by atoms with Crippen LogP contribution >= 0.6 is 0 Å². The molecule has 2 heteroatoms. The standard InChI is InChI=1S/C28H56O2/c1-7-9-10-11-12-13-14-15-16-17-18-19-20-21-22-23-25-29-28(5,6)24-26-30-27(3,4)8-2/h15-16H,7-14,17-26H2,1-6H3/b16-15-. The molecular formula is C28H56O2. The lowest BCUT2D eigenvalue weighted by Crippen LogP contribution is -2.30. The van der Waals surface area contributed by atoms with Crippen molar-refractivity contribution in [2.24, 2.45) is 0 Å². The van der Waals surface area contributed by atoms with Crippen molar-refractivity contribution in [1.82, 2.24) is 0 Å². The predicted molar refractivity (Wildman–Crippen MR) is 134 cm³/mol. The first-order valence-electron chi connectivity index (χ1n) is 13.3. The van der Waals surface area contributed by atoms with Crippen LogP contribution in [0.1, 0.15) is 144 Å². The fourth-order valence-electron chi connectivity index (χ4n) is 3.45. The van der Waals surface area contributed by atoms with Crippen LogP contribution in [0.4, 0.5) is 0 Å². The van der Waals surface area contributed by atoms with E-state index in [1.807, 2.05) is 0 Å². The minimum Gasteiger partial charge on any atom is -0.375 e. The zero-order valence-electron chi connectivity index (χ0n) is 21.7. The van der Waals surface area contributed by atoms with Crippen LogP contribution in [0, 0.1) is 0 Å². The van der Waals surface area contributed by atoms with E-state index in [2.05, 4.69) is 53.7 Å². The Hall–Kier alpha value is -0.340. The molecule has 0 saturated carbocycles. The minimum absolute atomic E-state index is 0.0141. The molecule has 180 valence electrons. The van der Waals surface area contributed by atoms with Gasteiger partial charge < -0.3 is 9.47 Å². The zero-order chi connectivity index (χ0) is 22.6. The summed E-state index contributed by atoms with van der Waals surface area (Å²) >= 11 is 0. The molecular weight excluding hydrogens is 368 g/mol. The summed E-state index contributed by atoms with van der Waals surface area (Å²) in [6, 6.07) is 0. The third-order valence-corrected chi connectivity index (χ3v) is 6.20. The second-order valence-corrected chi connectivity index (χ2v) is 10.3. The van der Waals surface area contributed by atoms with E-state index >= 15 is 0 Å². The Morgan fingerprint density at radius 2 is 1.00 bits per heavy atom. The molecule has 0 fully saturated rings. The highest BCUT2D eigenvalue weighted by Crippen LogP contribution is 2.20. The summed E-state index contributed by atoms with van der Waals surface area (Å²) in [5.41, 5.74) is -0.0918. The molecule has 0 atom stereocenters. The first-order chi connectivity index (χ1) is 14.3. The van der Waals surface area contributed by atoms with Gasteiger partial charge in [0.2, 0.25) is 0 Å². The molecule has 30 heavy (non-hydrogen) atoms. The highest BCUT2D eigenvalue weighted by atomic mass is 16.5. The second-order valence-electron chi connectivity index (χ2n) is 10.3. The minimum atomic E-state index is -0.0777. The molecule has 0 aliphatic heterocycles. The molecule has 0 aromatic carbocycles. The number of hydrogen-bond acceptors (Lipinski definition) is 2. The zero-order valence-corrected chi connectivity index (χ0v) is 21.7. The Morgan fingerprint density at radius 1 is 0.533 bits per heavy atom. The maximum Gasteiger partial charge on any atom is 0.0648 e. The molecule has 0 N–H and O–H groups in total. The van der Waals surface area contributed by atoms with Gasteiger partial charge in [-0.05, 0) is 72.6 Å². The largest absolute Gasteiger partial charge is 0.375 e. The van der Waals surface area contributed by atoms with Gasteiger partial charge >= 0.3 is 0 Å². The summed E-state index contributed by atoms with van der Waals surface area (Å²) in [6.07, 6.45) is 25.7. The Balaban J connectivity index is 3.40. The van der Waals surface area contributed by atoms with Crippen LogP contribution in [0.25, 0.3) is 0 Å². The van der Waals surface area contributed by atoms with Crippen molar-refractivity contribution >= 4 is 0 Å². The summed E-state index contributed by atoms with van der Waals surface area (Å²) < 4.78 is 12.1. The highest BCUT2D eigenvalue weighted by molar-refractivity contribution is 4.81. The molecule has 0 bridgehead atoms. The third kappa shape index (κ3) is 20.9. The first-order valence-corrected chi connectivity index (χ1v) is 13.3. The van der Waals surface area contributed by atoms with Crippen molar-refractivity contribution in [3.05, 3.63) is 12.2 Å². The van der Waals surface area contributed by atoms with Gasteiger partial charge in [0.1, 0.15) is 0 Å². The van der Waals surface area contributed by atoms with Crippen molar-refractivity contribution in [2.45, 2.75) is 155 Å². The van der Waals surface area contributed by atoms with Gasteiger partial charge in [-0.15, -0.1) is 0 Å². The summed E-state index contributed by atoms with van der Waals surface area (Å²) in [6.45, 7) is 14.8. The van der Waals surface area contributed by atoms with Crippen LogP contribution in [0.15, 0.2) is 12.2 Å². The van der Waals surface area contributed by atoms with Crippen LogP contribution < -0.4 is 0 Å². The predicted octanol–water partition coefficient (Wildman–Crippen LogP) is 9.41. The molecule has 0 aromatic heterocycles. The van der Waals surface area contributed by atoms with E-state index < -0.39 is 0 Å². The molecule has 0 radical (unpaired) electrons. The quantitative estimate of drug-likeness (QED) is 0.127. The molecule has 0 unspecified atom stereocenters. The lowest BCUT2D eigenvalue weighted by Gasteiger charge is -2.29. The Bertz CT molecular complexity index is 384. The van der Waals surface area contributed by atoms with Gasteiger partial charge in [0.05, 0.1) is 17.8 Å². The van der Waals surface area contributed by atoms with Crippen molar-refractivity contribution in [3.8, 4) is 0 Å². The van der Waals surface area contributed by atoms with Crippen LogP contribution in [-0.4, -0.2) is 24.4 Å². The summed E-state index contributed by atoms with van der Waals surface area (Å²) in [4.78, 5) is 0. The van der Waals surface area contributed by atoms with Crippen LogP contribution in [0.3, 0.4) is 0 Å². The first kappa shape index (κ1) is 29.7. The van der Waals surface area contributed by atoms with Crippen molar-refractivity contribution in [3.63, 3.8) is 0 Å². The van der Waals surface area contributed by atoms with Crippen molar-refractivity contribution < 1.29 is 9.47 Å². The van der Waals surface area contributed by atoms with Crippen molar-refractivity contribution in [2.75, 3.05) is 13.2 Å². The molecule has 0 amide bonds. The van der Waals surface area contributed by atoms with Gasteiger partial charge in [0.15, 0.2) is 0 Å². The molecule has 0 rings (SSSR count). The van der Waals surface area contributed by atoms with E-state index in [4.69, 9.17) is 9.47 Å². The number of allylic oxidation sites excluding steroid dienone is 2. The Morgan fingerprint density at radius 3 is 1.53 bits per heavy atom. The van der Waals surface area contributed by atoms with E-state index in [1.54, 1.807) is 0 Å². The molecule has 0 spiro atoms. The molecule has 0 saturated heterocycles. The average molecular weight is 425 g/mol. The average Bonchev–Trinajstić information content (AvgIpc) is 2.70. The third-order valence-electron chi connectivity index (χ3n) is 6.20. The van der Waals surface area contributed by atoms with Gasteiger partial charge in [0.25, 0.3) is 0 Å². The molecule has 0 aromatic rings. The lowest BCUT2D eigenvalue weighted by atomic mass is 10.0. The van der Waals surface area contributed by atoms with Gasteiger partial charge in [-0.2, -0.15) is 0 Å². The fraction of sp³-hybridized carbons (Fsp3) is 0.929. The summed E-state index contributed by atoms with van der Waals surface area (Å²) in [5, 5.41) is 0. The second kappa shape index (κ2) is 19.4. The van der Waals surface area contributed by atoms with Crippen LogP contribution in [0.5, 0.6) is 0 Å². The Kier molecular flexibility index (Phi) is 19.1. The normalized spacial score (nSPS) is 12.9. The van der Waals surface area contributed by atoms with E-state index in [9.17, 15) is 0 Å². The molecule has 0 heterocycles. The number of ether oxygens (including phenoxy) is 2. The molecule has 0 aliphatic rings. The van der Waals surface area contributed by atoms with E-state index in [0.717, 1.165) is 26.1 Å². The van der Waals surface area contributed by atoms with Gasteiger partial charge in [0, 0.05) is 6.61 Å². The van der Waals surface area contributed by atoms with Gasteiger partial charge in [-0.1, -0.05) is 83.8 Å². The van der Waals surface area contributed by atoms with Crippen LogP contribution in [-0.2, 0) is 9.47 Å². The van der Waals surface area contributed by atoms with Gasteiger partial charge in [-0.25, -0.2) is 0 Å². The number of unbranched alkanes of at least 4 members (excludes halogenated alkanes) is 12. The maximum atomic E-state index is 6.11. The van der Waals surface area contributed by atoms with E-state index in [0.29, 0.717) is 0 Å². The van der Waals surface area contributed by atoms with E-state index in [1.165, 1.54) is 89.9 Å². The summed E-state index contributed by atoms with van der Waals surface area (Å²) in [7, 11) is 0. The van der Waals surface area contributed by atoms with E-state index in [-0.39, 0.29) is 11.2 Å². The van der Waals surface area contributed by atoms with Gasteiger partial charge in [-0.3, -0.25) is 0 Å². The van der Waals surface area contributed by atoms with Crippen molar-refractivity contribution in [1.29, 1.82) is 0 Å². The highest BCUT2D eigenvalue weighted by Gasteiger charge is 2.21. The number of hydrogen-bond donors (Lipinski definition) is 0. The SMILES string of the molecule is CCCCCCCC/C=C\CCCCCCCCOC(C)(C)CCOC(C)(C)CC. The molecule has 2 nitrogen and oxygen atoms in total. The topological polar surface area (TPSA) is 18.5 Å². The maximum absolute atomic E-state index is 6.11. The summed E-state index contributed by atoms with van der Waals surface area (Å²) in [5.74, 6) is 0. The fourth-order valence-corrected chi connectivity index (χ4v) is 3.45.